The number of carbonyl (C=O) groups is 2. The molecule has 2 bridgehead atoms. The number of hydrogen-bond donors (Lipinski definition) is 2. The first-order valence-electron chi connectivity index (χ1n) is 7.05. The molecule has 0 aromatic heterocycles. The van der Waals surface area contributed by atoms with Gasteiger partial charge in [-0.3, -0.25) is 4.79 Å². The minimum absolute atomic E-state index is 0.0153. The number of aliphatic carboxylic acids is 1. The molecule has 2 unspecified atom stereocenters. The van der Waals surface area contributed by atoms with Crippen molar-refractivity contribution >= 4 is 12.0 Å². The van der Waals surface area contributed by atoms with E-state index in [9.17, 15) is 9.59 Å². The lowest BCUT2D eigenvalue weighted by Crippen LogP contribution is -2.50. The van der Waals surface area contributed by atoms with Gasteiger partial charge in [0, 0.05) is 26.1 Å². The Morgan fingerprint density at radius 2 is 1.84 bits per heavy atom. The highest BCUT2D eigenvalue weighted by molar-refractivity contribution is 5.74. The third-order valence-corrected chi connectivity index (χ3v) is 3.67. The van der Waals surface area contributed by atoms with Crippen LogP contribution in [0, 0.1) is 0 Å². The summed E-state index contributed by atoms with van der Waals surface area (Å²) in [5.74, 6) is -0.757. The molecule has 6 heteroatoms. The van der Waals surface area contributed by atoms with E-state index in [0.29, 0.717) is 26.1 Å². The van der Waals surface area contributed by atoms with E-state index in [-0.39, 0.29) is 24.7 Å². The molecular weight excluding hydrogens is 248 g/mol. The standard InChI is InChI=1S/C13H22N2O4/c16-12(17)4-2-1-3-7-14-13(18)15-8-10-5-6-11(9-15)19-10/h10-11H,1-9H2,(H,14,18)(H,16,17). The van der Waals surface area contributed by atoms with Crippen LogP contribution in [-0.4, -0.2) is 53.8 Å². The quantitative estimate of drug-likeness (QED) is 0.711. The summed E-state index contributed by atoms with van der Waals surface area (Å²) in [4.78, 5) is 24.1. The average molecular weight is 270 g/mol. The molecule has 2 saturated heterocycles. The van der Waals surface area contributed by atoms with Crippen molar-refractivity contribution in [3.8, 4) is 0 Å². The first-order valence-corrected chi connectivity index (χ1v) is 7.05. The van der Waals surface area contributed by atoms with Gasteiger partial charge in [0.25, 0.3) is 0 Å². The Morgan fingerprint density at radius 1 is 1.16 bits per heavy atom. The molecule has 108 valence electrons. The van der Waals surface area contributed by atoms with Crippen LogP contribution in [0.15, 0.2) is 0 Å². The van der Waals surface area contributed by atoms with Gasteiger partial charge in [-0.25, -0.2) is 4.79 Å². The van der Waals surface area contributed by atoms with E-state index in [1.165, 1.54) is 0 Å². The van der Waals surface area contributed by atoms with Gasteiger partial charge < -0.3 is 20.1 Å². The Morgan fingerprint density at radius 3 is 2.47 bits per heavy atom. The monoisotopic (exact) mass is 270 g/mol. The van der Waals surface area contributed by atoms with E-state index in [1.807, 2.05) is 4.90 Å². The number of nitrogens with one attached hydrogen (secondary N) is 1. The summed E-state index contributed by atoms with van der Waals surface area (Å²) < 4.78 is 5.68. The SMILES string of the molecule is O=C(O)CCCCCNC(=O)N1CC2CCC(C1)O2. The topological polar surface area (TPSA) is 78.9 Å². The Hall–Kier alpha value is -1.30. The van der Waals surface area contributed by atoms with E-state index in [1.54, 1.807) is 0 Å². The van der Waals surface area contributed by atoms with Crippen molar-refractivity contribution in [3.05, 3.63) is 0 Å². The van der Waals surface area contributed by atoms with Crippen LogP contribution < -0.4 is 5.32 Å². The molecule has 2 aliphatic heterocycles. The Kier molecular flexibility index (Phi) is 5.01. The maximum atomic E-state index is 11.9. The van der Waals surface area contributed by atoms with Crippen molar-refractivity contribution in [2.75, 3.05) is 19.6 Å². The Bertz CT molecular complexity index is 323. The number of morpholine rings is 1. The summed E-state index contributed by atoms with van der Waals surface area (Å²) in [7, 11) is 0. The fraction of sp³-hybridized carbons (Fsp3) is 0.846. The van der Waals surface area contributed by atoms with Crippen molar-refractivity contribution in [3.63, 3.8) is 0 Å². The van der Waals surface area contributed by atoms with Gasteiger partial charge >= 0.3 is 12.0 Å². The Labute approximate surface area is 113 Å². The first-order chi connectivity index (χ1) is 9.15. The zero-order chi connectivity index (χ0) is 13.7. The van der Waals surface area contributed by atoms with E-state index < -0.39 is 5.97 Å². The summed E-state index contributed by atoms with van der Waals surface area (Å²) in [5.41, 5.74) is 0. The second-order valence-corrected chi connectivity index (χ2v) is 5.30. The maximum absolute atomic E-state index is 11.9. The van der Waals surface area contributed by atoms with Gasteiger partial charge in [-0.05, 0) is 25.7 Å². The molecule has 2 rings (SSSR count). The van der Waals surface area contributed by atoms with E-state index in [0.717, 1.165) is 25.7 Å². The van der Waals surface area contributed by atoms with Crippen LogP contribution in [0.4, 0.5) is 4.79 Å². The lowest BCUT2D eigenvalue weighted by Gasteiger charge is -2.32. The van der Waals surface area contributed by atoms with Crippen molar-refractivity contribution < 1.29 is 19.4 Å². The fourth-order valence-corrected chi connectivity index (χ4v) is 2.67. The molecule has 2 fully saturated rings. The molecule has 2 N–H and O–H groups in total. The number of ether oxygens (including phenoxy) is 1. The van der Waals surface area contributed by atoms with Gasteiger partial charge in [0.05, 0.1) is 12.2 Å². The lowest BCUT2D eigenvalue weighted by atomic mass is 10.2. The average Bonchev–Trinajstić information content (AvgIpc) is 2.71. The van der Waals surface area contributed by atoms with Crippen LogP contribution in [0.5, 0.6) is 0 Å². The van der Waals surface area contributed by atoms with Crippen LogP contribution in [0.2, 0.25) is 0 Å². The van der Waals surface area contributed by atoms with E-state index >= 15 is 0 Å². The summed E-state index contributed by atoms with van der Waals surface area (Å²) in [5, 5.41) is 11.4. The van der Waals surface area contributed by atoms with Crippen LogP contribution in [0.3, 0.4) is 0 Å². The smallest absolute Gasteiger partial charge is 0.317 e. The largest absolute Gasteiger partial charge is 0.481 e. The van der Waals surface area contributed by atoms with Crippen molar-refractivity contribution in [2.45, 2.75) is 50.7 Å². The van der Waals surface area contributed by atoms with Crippen LogP contribution in [-0.2, 0) is 9.53 Å². The third kappa shape index (κ3) is 4.38. The number of carboxylic acids is 1. The number of unbranched alkanes of at least 4 members (excludes halogenated alkanes) is 2. The molecule has 0 aromatic carbocycles. The minimum atomic E-state index is -0.757. The molecule has 0 radical (unpaired) electrons. The lowest BCUT2D eigenvalue weighted by molar-refractivity contribution is -0.137. The van der Waals surface area contributed by atoms with Crippen molar-refractivity contribution in [2.24, 2.45) is 0 Å². The molecule has 2 amide bonds. The second-order valence-electron chi connectivity index (χ2n) is 5.30. The molecule has 19 heavy (non-hydrogen) atoms. The minimum Gasteiger partial charge on any atom is -0.481 e. The summed E-state index contributed by atoms with van der Waals surface area (Å²) in [6.07, 6.45) is 5.11. The fourth-order valence-electron chi connectivity index (χ4n) is 2.67. The molecular formula is C13H22N2O4. The second kappa shape index (κ2) is 6.75. The number of fused-ring (bicyclic) bond motifs is 2. The number of amides is 2. The highest BCUT2D eigenvalue weighted by Gasteiger charge is 2.35. The molecule has 2 heterocycles. The summed E-state index contributed by atoms with van der Waals surface area (Å²) in [6.45, 7) is 2.01. The molecule has 0 aromatic rings. The molecule has 6 nitrogen and oxygen atoms in total. The summed E-state index contributed by atoms with van der Waals surface area (Å²) >= 11 is 0. The molecule has 0 aliphatic carbocycles. The van der Waals surface area contributed by atoms with Gasteiger partial charge in [-0.15, -0.1) is 0 Å². The molecule has 2 aliphatic rings. The molecule has 2 atom stereocenters. The molecule has 0 spiro atoms. The predicted octanol–water partition coefficient (Wildman–Crippen LogP) is 1.20. The van der Waals surface area contributed by atoms with Crippen molar-refractivity contribution in [1.29, 1.82) is 0 Å². The van der Waals surface area contributed by atoms with Gasteiger partial charge in [-0.1, -0.05) is 6.42 Å². The number of carboxylic acid groups (broad SMARTS) is 1. The number of rotatable bonds is 6. The van der Waals surface area contributed by atoms with Gasteiger partial charge in [0.2, 0.25) is 0 Å². The molecule has 0 saturated carbocycles. The van der Waals surface area contributed by atoms with Gasteiger partial charge in [-0.2, -0.15) is 0 Å². The zero-order valence-corrected chi connectivity index (χ0v) is 11.1. The number of likely N-dealkylation sites (tertiary alicyclic amines) is 1. The third-order valence-electron chi connectivity index (χ3n) is 3.67. The highest BCUT2D eigenvalue weighted by atomic mass is 16.5. The maximum Gasteiger partial charge on any atom is 0.317 e. The Balaban J connectivity index is 1.56. The van der Waals surface area contributed by atoms with E-state index in [2.05, 4.69) is 5.32 Å². The summed E-state index contributed by atoms with van der Waals surface area (Å²) in [6, 6.07) is -0.0153. The van der Waals surface area contributed by atoms with Crippen LogP contribution >= 0.6 is 0 Å². The first kappa shape index (κ1) is 14.1. The highest BCUT2D eigenvalue weighted by Crippen LogP contribution is 2.26. The number of hydrogen-bond acceptors (Lipinski definition) is 3. The van der Waals surface area contributed by atoms with Crippen LogP contribution in [0.25, 0.3) is 0 Å². The normalized spacial score (nSPS) is 25.4. The number of carbonyl (C=O) groups excluding carboxylic acids is 1. The van der Waals surface area contributed by atoms with Gasteiger partial charge in [0.1, 0.15) is 0 Å². The van der Waals surface area contributed by atoms with E-state index in [4.69, 9.17) is 9.84 Å². The predicted molar refractivity (Wildman–Crippen MR) is 69.0 cm³/mol. The number of urea groups is 1. The zero-order valence-electron chi connectivity index (χ0n) is 11.1. The number of nitrogens with zero attached hydrogens (tertiary/aromatic N) is 1. The van der Waals surface area contributed by atoms with Crippen molar-refractivity contribution in [1.82, 2.24) is 10.2 Å². The van der Waals surface area contributed by atoms with Crippen LogP contribution in [0.1, 0.15) is 38.5 Å². The van der Waals surface area contributed by atoms with Gasteiger partial charge in [0.15, 0.2) is 0 Å².